The van der Waals surface area contributed by atoms with Gasteiger partial charge in [0.25, 0.3) is 0 Å². The highest BCUT2D eigenvalue weighted by molar-refractivity contribution is 7.07. The Morgan fingerprint density at radius 3 is 2.96 bits per heavy atom. The molecule has 0 saturated carbocycles. The lowest BCUT2D eigenvalue weighted by Crippen LogP contribution is -2.22. The van der Waals surface area contributed by atoms with Crippen LogP contribution in [0.2, 0.25) is 0 Å². The molecule has 1 atom stereocenters. The molecule has 1 amide bonds. The number of ether oxygens (including phenoxy) is 1. The zero-order chi connectivity index (χ0) is 19.5. The van der Waals surface area contributed by atoms with Crippen molar-refractivity contribution in [1.82, 2.24) is 15.0 Å². The maximum atomic E-state index is 12.6. The molecule has 28 heavy (non-hydrogen) atoms. The fraction of sp³-hybridized carbons (Fsp3) is 0.190. The molecule has 7 heteroatoms. The minimum atomic E-state index is -0.171. The van der Waals surface area contributed by atoms with Crippen molar-refractivity contribution in [3.63, 3.8) is 0 Å². The lowest BCUT2D eigenvalue weighted by molar-refractivity contribution is -0.119. The molecular formula is C21H20N4O2S. The second-order valence-corrected chi connectivity index (χ2v) is 7.36. The Hall–Kier alpha value is -3.19. The van der Waals surface area contributed by atoms with E-state index in [0.717, 1.165) is 39.6 Å². The Balaban J connectivity index is 1.46. The van der Waals surface area contributed by atoms with Crippen molar-refractivity contribution < 1.29 is 9.53 Å². The highest BCUT2D eigenvalue weighted by Crippen LogP contribution is 2.23. The molecule has 2 heterocycles. The Morgan fingerprint density at radius 1 is 1.29 bits per heavy atom. The van der Waals surface area contributed by atoms with E-state index in [2.05, 4.69) is 20.3 Å². The number of aromatic nitrogens is 3. The second-order valence-electron chi connectivity index (χ2n) is 6.64. The summed E-state index contributed by atoms with van der Waals surface area (Å²) in [5.41, 5.74) is 6.10. The highest BCUT2D eigenvalue weighted by Gasteiger charge is 2.15. The lowest BCUT2D eigenvalue weighted by atomic mass is 10.00. The van der Waals surface area contributed by atoms with E-state index < -0.39 is 0 Å². The predicted octanol–water partition coefficient (Wildman–Crippen LogP) is 4.51. The third-order valence-corrected chi connectivity index (χ3v) is 5.13. The largest absolute Gasteiger partial charge is 0.497 e. The number of H-pyrrole nitrogens is 1. The van der Waals surface area contributed by atoms with Crippen molar-refractivity contribution in [2.75, 3.05) is 12.4 Å². The standard InChI is InChI=1S/C21H20N4O2S/c1-13(8-14-4-3-5-16(9-14)27-2)21(26)23-15-6-7-17-18(10-15)25-20(24-17)19-11-28-12-22-19/h3-7,9-13H,8H2,1-2H3,(H,23,26)(H,24,25)/t13-/m0/s1. The van der Waals surface area contributed by atoms with Gasteiger partial charge in [0.2, 0.25) is 5.91 Å². The van der Waals surface area contributed by atoms with Gasteiger partial charge in [-0.3, -0.25) is 4.79 Å². The number of nitrogens with zero attached hydrogens (tertiary/aromatic N) is 2. The third kappa shape index (κ3) is 3.89. The van der Waals surface area contributed by atoms with Crippen LogP contribution in [0.5, 0.6) is 5.75 Å². The third-order valence-electron chi connectivity index (χ3n) is 4.55. The van der Waals surface area contributed by atoms with E-state index in [1.54, 1.807) is 12.6 Å². The number of nitrogens with one attached hydrogen (secondary N) is 2. The van der Waals surface area contributed by atoms with Crippen LogP contribution in [0, 0.1) is 5.92 Å². The van der Waals surface area contributed by atoms with Crippen LogP contribution in [0.1, 0.15) is 12.5 Å². The number of rotatable bonds is 6. The number of amides is 1. The molecule has 2 N–H and O–H groups in total. The number of carbonyl (C=O) groups is 1. The molecule has 0 unspecified atom stereocenters. The molecule has 2 aromatic heterocycles. The summed E-state index contributed by atoms with van der Waals surface area (Å²) in [6.45, 7) is 1.92. The average molecular weight is 392 g/mol. The first kappa shape index (κ1) is 18.2. The molecular weight excluding hydrogens is 372 g/mol. The van der Waals surface area contributed by atoms with E-state index in [4.69, 9.17) is 4.74 Å². The second kappa shape index (κ2) is 7.82. The summed E-state index contributed by atoms with van der Waals surface area (Å²) in [5, 5.41) is 4.94. The van der Waals surface area contributed by atoms with Gasteiger partial charge in [-0.1, -0.05) is 19.1 Å². The topological polar surface area (TPSA) is 79.9 Å². The number of hydrogen-bond acceptors (Lipinski definition) is 5. The number of carbonyl (C=O) groups excluding carboxylic acids is 1. The number of methoxy groups -OCH3 is 1. The smallest absolute Gasteiger partial charge is 0.227 e. The molecule has 0 saturated heterocycles. The maximum absolute atomic E-state index is 12.6. The number of benzene rings is 2. The zero-order valence-electron chi connectivity index (χ0n) is 15.6. The summed E-state index contributed by atoms with van der Waals surface area (Å²) >= 11 is 1.53. The van der Waals surface area contributed by atoms with Crippen molar-refractivity contribution in [2.24, 2.45) is 5.92 Å². The first-order chi connectivity index (χ1) is 13.6. The zero-order valence-corrected chi connectivity index (χ0v) is 16.4. The van der Waals surface area contributed by atoms with Crippen LogP contribution in [0.25, 0.3) is 22.6 Å². The average Bonchev–Trinajstić information content (AvgIpc) is 3.37. The van der Waals surface area contributed by atoms with Crippen LogP contribution < -0.4 is 10.1 Å². The molecule has 0 aliphatic carbocycles. The van der Waals surface area contributed by atoms with E-state index in [1.165, 1.54) is 11.3 Å². The minimum Gasteiger partial charge on any atom is -0.497 e. The number of hydrogen-bond donors (Lipinski definition) is 2. The Morgan fingerprint density at radius 2 is 2.18 bits per heavy atom. The number of imidazole rings is 1. The molecule has 0 fully saturated rings. The number of aromatic amines is 1. The highest BCUT2D eigenvalue weighted by atomic mass is 32.1. The molecule has 0 spiro atoms. The van der Waals surface area contributed by atoms with Gasteiger partial charge in [-0.2, -0.15) is 0 Å². The molecule has 0 aliphatic heterocycles. The SMILES string of the molecule is COc1cccc(C[C@H](C)C(=O)Nc2ccc3nc(-c4cscn4)[nH]c3c2)c1. The molecule has 6 nitrogen and oxygen atoms in total. The lowest BCUT2D eigenvalue weighted by Gasteiger charge is -2.13. The van der Waals surface area contributed by atoms with Gasteiger partial charge in [0.1, 0.15) is 11.4 Å². The molecule has 0 radical (unpaired) electrons. The predicted molar refractivity (Wildman–Crippen MR) is 112 cm³/mol. The first-order valence-electron chi connectivity index (χ1n) is 8.94. The fourth-order valence-corrected chi connectivity index (χ4v) is 3.59. The molecule has 142 valence electrons. The van der Waals surface area contributed by atoms with E-state index in [1.807, 2.05) is 54.8 Å². The summed E-state index contributed by atoms with van der Waals surface area (Å²) in [6.07, 6.45) is 0.642. The fourth-order valence-electron chi connectivity index (χ4n) is 3.05. The number of fused-ring (bicyclic) bond motifs is 1. The van der Waals surface area contributed by atoms with Gasteiger partial charge < -0.3 is 15.0 Å². The number of thiazole rings is 1. The van der Waals surface area contributed by atoms with Crippen LogP contribution in [-0.2, 0) is 11.2 Å². The Bertz CT molecular complexity index is 1100. The molecule has 4 aromatic rings. The Labute approximate surface area is 166 Å². The van der Waals surface area contributed by atoms with Gasteiger partial charge in [-0.05, 0) is 42.3 Å². The van der Waals surface area contributed by atoms with Gasteiger partial charge >= 0.3 is 0 Å². The van der Waals surface area contributed by atoms with E-state index in [-0.39, 0.29) is 11.8 Å². The Kier molecular flexibility index (Phi) is 5.08. The van der Waals surface area contributed by atoms with Gasteiger partial charge in [-0.25, -0.2) is 9.97 Å². The van der Waals surface area contributed by atoms with Crippen LogP contribution in [0.3, 0.4) is 0 Å². The summed E-state index contributed by atoms with van der Waals surface area (Å²) < 4.78 is 5.25. The van der Waals surface area contributed by atoms with Crippen LogP contribution in [0.15, 0.2) is 53.4 Å². The van der Waals surface area contributed by atoms with Crippen molar-refractivity contribution >= 4 is 34.0 Å². The summed E-state index contributed by atoms with van der Waals surface area (Å²) in [7, 11) is 1.64. The van der Waals surface area contributed by atoms with Crippen molar-refractivity contribution in [3.8, 4) is 17.3 Å². The van der Waals surface area contributed by atoms with Gasteiger partial charge in [0, 0.05) is 17.0 Å². The maximum Gasteiger partial charge on any atom is 0.227 e. The van der Waals surface area contributed by atoms with Crippen molar-refractivity contribution in [1.29, 1.82) is 0 Å². The van der Waals surface area contributed by atoms with E-state index in [0.29, 0.717) is 6.42 Å². The van der Waals surface area contributed by atoms with Gasteiger partial charge in [0.05, 0.1) is 23.7 Å². The van der Waals surface area contributed by atoms with E-state index >= 15 is 0 Å². The monoisotopic (exact) mass is 392 g/mol. The van der Waals surface area contributed by atoms with Gasteiger partial charge in [0.15, 0.2) is 5.82 Å². The van der Waals surface area contributed by atoms with Crippen LogP contribution >= 0.6 is 11.3 Å². The molecule has 4 rings (SSSR count). The summed E-state index contributed by atoms with van der Waals surface area (Å²) in [5.74, 6) is 1.33. The minimum absolute atomic E-state index is 0.0265. The van der Waals surface area contributed by atoms with Crippen molar-refractivity contribution in [2.45, 2.75) is 13.3 Å². The molecule has 0 bridgehead atoms. The number of anilines is 1. The summed E-state index contributed by atoms with van der Waals surface area (Å²) in [4.78, 5) is 24.7. The summed E-state index contributed by atoms with van der Waals surface area (Å²) in [6, 6.07) is 13.4. The normalized spacial score (nSPS) is 12.1. The van der Waals surface area contributed by atoms with Crippen molar-refractivity contribution in [3.05, 3.63) is 58.9 Å². The van der Waals surface area contributed by atoms with E-state index in [9.17, 15) is 4.79 Å². The first-order valence-corrected chi connectivity index (χ1v) is 9.89. The quantitative estimate of drug-likeness (QED) is 0.506. The van der Waals surface area contributed by atoms with Crippen LogP contribution in [0.4, 0.5) is 5.69 Å². The molecule has 0 aliphatic rings. The van der Waals surface area contributed by atoms with Crippen LogP contribution in [-0.4, -0.2) is 28.0 Å². The molecule has 2 aromatic carbocycles. The van der Waals surface area contributed by atoms with Gasteiger partial charge in [-0.15, -0.1) is 11.3 Å².